The topological polar surface area (TPSA) is 75.1 Å². The van der Waals surface area contributed by atoms with Crippen LogP contribution >= 0.6 is 0 Å². The highest BCUT2D eigenvalue weighted by atomic mass is 16.4. The van der Waals surface area contributed by atoms with Gasteiger partial charge in [0.1, 0.15) is 6.26 Å². The third-order valence-electron chi connectivity index (χ3n) is 0.964. The maximum atomic E-state index is 10.6. The number of anilines is 1. The van der Waals surface area contributed by atoms with E-state index in [1.807, 2.05) is 0 Å². The molecule has 0 aliphatic carbocycles. The predicted molar refractivity (Wildman–Crippen MR) is 38.2 cm³/mol. The van der Waals surface area contributed by atoms with Gasteiger partial charge in [-0.25, -0.2) is 4.79 Å². The normalized spacial score (nSPS) is 9.09. The van der Waals surface area contributed by atoms with Gasteiger partial charge in [0.05, 0.1) is 0 Å². The van der Waals surface area contributed by atoms with Crippen molar-refractivity contribution in [1.29, 1.82) is 0 Å². The number of aromatic nitrogens is 1. The van der Waals surface area contributed by atoms with Gasteiger partial charge >= 0.3 is 5.76 Å². The molecular formula is C6H6N2O3. The number of carbonyl (C=O) groups is 1. The number of oxazole rings is 1. The van der Waals surface area contributed by atoms with Crippen molar-refractivity contribution < 1.29 is 9.21 Å². The lowest BCUT2D eigenvalue weighted by atomic mass is 10.6. The minimum atomic E-state index is -0.607. The second kappa shape index (κ2) is 2.87. The third kappa shape index (κ3) is 1.82. The summed E-state index contributed by atoms with van der Waals surface area (Å²) in [6.07, 6.45) is 2.20. The van der Waals surface area contributed by atoms with E-state index in [9.17, 15) is 9.59 Å². The van der Waals surface area contributed by atoms with Crippen LogP contribution in [0.1, 0.15) is 0 Å². The van der Waals surface area contributed by atoms with E-state index in [4.69, 9.17) is 0 Å². The van der Waals surface area contributed by atoms with E-state index >= 15 is 0 Å². The first-order chi connectivity index (χ1) is 5.22. The lowest BCUT2D eigenvalue weighted by molar-refractivity contribution is -0.111. The molecule has 0 saturated heterocycles. The van der Waals surface area contributed by atoms with E-state index < -0.39 is 11.7 Å². The smallest absolute Gasteiger partial charge is 0.414 e. The second-order valence-corrected chi connectivity index (χ2v) is 1.76. The van der Waals surface area contributed by atoms with E-state index in [1.54, 1.807) is 0 Å². The fourth-order valence-electron chi connectivity index (χ4n) is 0.526. The van der Waals surface area contributed by atoms with Gasteiger partial charge in [0.2, 0.25) is 5.91 Å². The monoisotopic (exact) mass is 154 g/mol. The van der Waals surface area contributed by atoms with Crippen LogP contribution in [0, 0.1) is 0 Å². The van der Waals surface area contributed by atoms with Gasteiger partial charge in [-0.2, -0.15) is 0 Å². The summed E-state index contributed by atoms with van der Waals surface area (Å²) >= 11 is 0. The molecule has 58 valence electrons. The molecule has 0 saturated carbocycles. The maximum Gasteiger partial charge on any atom is 0.417 e. The lowest BCUT2D eigenvalue weighted by Gasteiger charge is -1.92. The molecule has 0 aromatic carbocycles. The van der Waals surface area contributed by atoms with Crippen molar-refractivity contribution in [2.75, 3.05) is 5.32 Å². The van der Waals surface area contributed by atoms with E-state index in [1.165, 1.54) is 0 Å². The second-order valence-electron chi connectivity index (χ2n) is 1.76. The van der Waals surface area contributed by atoms with Gasteiger partial charge in [0.25, 0.3) is 0 Å². The van der Waals surface area contributed by atoms with Crippen molar-refractivity contribution in [2.24, 2.45) is 0 Å². The van der Waals surface area contributed by atoms with Gasteiger partial charge in [-0.15, -0.1) is 0 Å². The van der Waals surface area contributed by atoms with Crippen molar-refractivity contribution in [3.8, 4) is 0 Å². The van der Waals surface area contributed by atoms with Gasteiger partial charge in [-0.1, -0.05) is 6.58 Å². The zero-order chi connectivity index (χ0) is 8.27. The van der Waals surface area contributed by atoms with Crippen molar-refractivity contribution in [2.45, 2.75) is 0 Å². The van der Waals surface area contributed by atoms with E-state index in [2.05, 4.69) is 21.3 Å². The Bertz CT molecular complexity index is 323. The number of nitrogens with one attached hydrogen (secondary N) is 2. The number of H-pyrrole nitrogens is 1. The number of amides is 1. The van der Waals surface area contributed by atoms with E-state index in [-0.39, 0.29) is 5.82 Å². The highest BCUT2D eigenvalue weighted by molar-refractivity contribution is 5.97. The Labute approximate surface area is 61.7 Å². The lowest BCUT2D eigenvalue weighted by Crippen LogP contribution is -2.08. The molecule has 0 unspecified atom stereocenters. The summed E-state index contributed by atoms with van der Waals surface area (Å²) in [5.41, 5.74) is 0. The predicted octanol–water partition coefficient (Wildman–Crippen LogP) is 0.0924. The maximum absolute atomic E-state index is 10.6. The minimum absolute atomic E-state index is 0.222. The molecule has 5 nitrogen and oxygen atoms in total. The molecule has 0 aliphatic rings. The summed E-state index contributed by atoms with van der Waals surface area (Å²) in [7, 11) is 0. The van der Waals surface area contributed by atoms with Crippen LogP contribution in [0.25, 0.3) is 0 Å². The number of aromatic amines is 1. The Morgan fingerprint density at radius 2 is 2.55 bits per heavy atom. The first-order valence-electron chi connectivity index (χ1n) is 2.83. The van der Waals surface area contributed by atoms with Gasteiger partial charge in [0.15, 0.2) is 5.82 Å². The molecule has 1 heterocycles. The summed E-state index contributed by atoms with van der Waals surface area (Å²) in [4.78, 5) is 23.2. The Morgan fingerprint density at radius 3 is 3.00 bits per heavy atom. The molecule has 0 spiro atoms. The Balaban J connectivity index is 2.72. The molecule has 0 bridgehead atoms. The zero-order valence-electron chi connectivity index (χ0n) is 5.59. The van der Waals surface area contributed by atoms with Gasteiger partial charge < -0.3 is 9.73 Å². The quantitative estimate of drug-likeness (QED) is 0.593. The van der Waals surface area contributed by atoms with Crippen molar-refractivity contribution in [1.82, 2.24) is 4.98 Å². The van der Waals surface area contributed by atoms with Crippen LogP contribution < -0.4 is 11.1 Å². The molecule has 2 N–H and O–H groups in total. The molecule has 0 radical (unpaired) electrons. The van der Waals surface area contributed by atoms with Crippen LogP contribution in [0.5, 0.6) is 0 Å². The molecule has 0 fully saturated rings. The Kier molecular flexibility index (Phi) is 1.91. The van der Waals surface area contributed by atoms with Crippen molar-refractivity contribution in [3.05, 3.63) is 29.5 Å². The number of carbonyl (C=O) groups excluding carboxylic acids is 1. The van der Waals surface area contributed by atoms with Gasteiger partial charge in [0, 0.05) is 0 Å². The molecule has 0 atom stereocenters. The standard InChI is InChI=1S/C6H6N2O3/c1-2-5(9)7-4-3-11-6(10)8-4/h2-3H,1H2,(H,7,9)(H,8,10). The first-order valence-corrected chi connectivity index (χ1v) is 2.83. The van der Waals surface area contributed by atoms with Gasteiger partial charge in [-0.3, -0.25) is 9.78 Å². The molecule has 1 aromatic rings. The van der Waals surface area contributed by atoms with E-state index in [0.29, 0.717) is 0 Å². The summed E-state index contributed by atoms with van der Waals surface area (Å²) in [6, 6.07) is 0. The van der Waals surface area contributed by atoms with Gasteiger partial charge in [-0.05, 0) is 6.08 Å². The average molecular weight is 154 g/mol. The SMILES string of the molecule is C=CC(=O)Nc1coc(=O)[nH]1. The van der Waals surface area contributed by atoms with Crippen LogP contribution in [0.4, 0.5) is 5.82 Å². The van der Waals surface area contributed by atoms with Crippen molar-refractivity contribution in [3.63, 3.8) is 0 Å². The minimum Gasteiger partial charge on any atom is -0.414 e. The van der Waals surface area contributed by atoms with Crippen LogP contribution in [0.2, 0.25) is 0 Å². The fourth-order valence-corrected chi connectivity index (χ4v) is 0.526. The van der Waals surface area contributed by atoms with Crippen LogP contribution in [-0.2, 0) is 4.79 Å². The fraction of sp³-hybridized carbons (Fsp3) is 0. The van der Waals surface area contributed by atoms with Crippen LogP contribution in [-0.4, -0.2) is 10.9 Å². The third-order valence-corrected chi connectivity index (χ3v) is 0.964. The molecule has 11 heavy (non-hydrogen) atoms. The molecule has 1 aromatic heterocycles. The number of hydrogen-bond acceptors (Lipinski definition) is 3. The highest BCUT2D eigenvalue weighted by Crippen LogP contribution is 1.96. The number of hydrogen-bond donors (Lipinski definition) is 2. The summed E-state index contributed by atoms with van der Waals surface area (Å²) in [5, 5.41) is 2.31. The Hall–Kier alpha value is -1.78. The summed E-state index contributed by atoms with van der Waals surface area (Å²) in [6.45, 7) is 3.23. The van der Waals surface area contributed by atoms with Crippen molar-refractivity contribution >= 4 is 11.7 Å². The molecule has 0 aliphatic heterocycles. The molecule has 1 rings (SSSR count). The number of rotatable bonds is 2. The molecular weight excluding hydrogens is 148 g/mol. The largest absolute Gasteiger partial charge is 0.417 e. The Morgan fingerprint density at radius 1 is 1.82 bits per heavy atom. The summed E-state index contributed by atoms with van der Waals surface area (Å²) in [5.74, 6) is -0.786. The van der Waals surface area contributed by atoms with Crippen LogP contribution in [0.3, 0.4) is 0 Å². The molecule has 1 amide bonds. The van der Waals surface area contributed by atoms with Crippen LogP contribution in [0.15, 0.2) is 28.1 Å². The molecule has 5 heteroatoms. The zero-order valence-corrected chi connectivity index (χ0v) is 5.59. The van der Waals surface area contributed by atoms with E-state index in [0.717, 1.165) is 12.3 Å². The first kappa shape index (κ1) is 7.33. The average Bonchev–Trinajstić information content (AvgIpc) is 2.35. The summed E-state index contributed by atoms with van der Waals surface area (Å²) < 4.78 is 4.35. The highest BCUT2D eigenvalue weighted by Gasteiger charge is 1.98.